The smallest absolute Gasteiger partial charge is 0.295 e. The van der Waals surface area contributed by atoms with E-state index in [0.717, 1.165) is 24.1 Å². The second-order valence-electron chi connectivity index (χ2n) is 3.56. The molecule has 1 aromatic carbocycles. The van der Waals surface area contributed by atoms with Gasteiger partial charge in [-0.25, -0.2) is 0 Å². The lowest BCUT2D eigenvalue weighted by molar-refractivity contribution is 0.612. The lowest BCUT2D eigenvalue weighted by Crippen LogP contribution is -2.08. The first-order valence-corrected chi connectivity index (χ1v) is 5.11. The van der Waals surface area contributed by atoms with Crippen LogP contribution in [0.25, 0.3) is 11.1 Å². The highest BCUT2D eigenvalue weighted by Gasteiger charge is 2.04. The van der Waals surface area contributed by atoms with Crippen LogP contribution < -0.4 is 11.1 Å². The van der Waals surface area contributed by atoms with Crippen molar-refractivity contribution in [3.05, 3.63) is 23.8 Å². The van der Waals surface area contributed by atoms with Crippen LogP contribution in [0.5, 0.6) is 0 Å². The molecule has 0 radical (unpaired) electrons. The van der Waals surface area contributed by atoms with E-state index in [1.807, 2.05) is 25.1 Å². The van der Waals surface area contributed by atoms with Crippen LogP contribution in [0.3, 0.4) is 0 Å². The summed E-state index contributed by atoms with van der Waals surface area (Å²) in [5.74, 6) is 0. The van der Waals surface area contributed by atoms with E-state index in [0.29, 0.717) is 12.6 Å². The minimum Gasteiger partial charge on any atom is -0.424 e. The molecule has 0 aliphatic rings. The Morgan fingerprint density at radius 1 is 1.47 bits per heavy atom. The molecule has 1 aromatic heterocycles. The Hall–Kier alpha value is -1.55. The zero-order chi connectivity index (χ0) is 10.7. The summed E-state index contributed by atoms with van der Waals surface area (Å²) in [7, 11) is 0. The average molecular weight is 205 g/mol. The summed E-state index contributed by atoms with van der Waals surface area (Å²) in [6.45, 7) is 3.50. The van der Waals surface area contributed by atoms with Crippen LogP contribution in [0.4, 0.5) is 6.01 Å². The Morgan fingerprint density at radius 3 is 3.13 bits per heavy atom. The van der Waals surface area contributed by atoms with Gasteiger partial charge in [-0.05, 0) is 37.6 Å². The third-order valence-electron chi connectivity index (χ3n) is 2.20. The number of oxazole rings is 1. The number of nitrogens with zero attached hydrogens (tertiary/aromatic N) is 1. The quantitative estimate of drug-likeness (QED) is 0.748. The average Bonchev–Trinajstić information content (AvgIpc) is 2.60. The summed E-state index contributed by atoms with van der Waals surface area (Å²) < 4.78 is 5.51. The molecule has 2 aromatic rings. The number of benzene rings is 1. The first-order chi connectivity index (χ1) is 7.29. The number of hydrogen-bond donors (Lipinski definition) is 2. The number of anilines is 1. The SMILES string of the molecule is Cc1ccc2oc(NCCCN)nc2c1. The van der Waals surface area contributed by atoms with E-state index < -0.39 is 0 Å². The zero-order valence-electron chi connectivity index (χ0n) is 8.79. The fraction of sp³-hybridized carbons (Fsp3) is 0.364. The summed E-state index contributed by atoms with van der Waals surface area (Å²) in [6, 6.07) is 6.53. The molecule has 0 unspecified atom stereocenters. The highest BCUT2D eigenvalue weighted by molar-refractivity contribution is 5.75. The summed E-state index contributed by atoms with van der Waals surface area (Å²) in [6.07, 6.45) is 0.914. The fourth-order valence-corrected chi connectivity index (χ4v) is 1.41. The molecule has 4 heteroatoms. The molecule has 2 rings (SSSR count). The van der Waals surface area contributed by atoms with Gasteiger partial charge >= 0.3 is 0 Å². The number of nitrogens with one attached hydrogen (secondary N) is 1. The van der Waals surface area contributed by atoms with Crippen molar-refractivity contribution in [2.45, 2.75) is 13.3 Å². The monoisotopic (exact) mass is 205 g/mol. The van der Waals surface area contributed by atoms with Crippen LogP contribution in [0.15, 0.2) is 22.6 Å². The van der Waals surface area contributed by atoms with Crippen molar-refractivity contribution in [3.8, 4) is 0 Å². The van der Waals surface area contributed by atoms with Gasteiger partial charge in [-0.3, -0.25) is 0 Å². The third kappa shape index (κ3) is 2.27. The van der Waals surface area contributed by atoms with E-state index in [2.05, 4.69) is 10.3 Å². The van der Waals surface area contributed by atoms with Gasteiger partial charge < -0.3 is 15.5 Å². The summed E-state index contributed by atoms with van der Waals surface area (Å²) in [5, 5.41) is 3.10. The van der Waals surface area contributed by atoms with Gasteiger partial charge in [0.1, 0.15) is 5.52 Å². The molecule has 0 aliphatic heterocycles. The molecule has 0 atom stereocenters. The predicted octanol–water partition coefficient (Wildman–Crippen LogP) is 1.90. The van der Waals surface area contributed by atoms with E-state index in [-0.39, 0.29) is 0 Å². The molecule has 0 bridgehead atoms. The van der Waals surface area contributed by atoms with Crippen molar-refractivity contribution in [3.63, 3.8) is 0 Å². The first-order valence-electron chi connectivity index (χ1n) is 5.11. The molecule has 0 saturated carbocycles. The number of hydrogen-bond acceptors (Lipinski definition) is 4. The predicted molar refractivity (Wildman–Crippen MR) is 60.9 cm³/mol. The van der Waals surface area contributed by atoms with Gasteiger partial charge in [0.05, 0.1) is 0 Å². The minimum absolute atomic E-state index is 0.573. The van der Waals surface area contributed by atoms with Gasteiger partial charge in [0, 0.05) is 6.54 Å². The Morgan fingerprint density at radius 2 is 2.33 bits per heavy atom. The maximum atomic E-state index is 5.51. The van der Waals surface area contributed by atoms with Crippen molar-refractivity contribution < 1.29 is 4.42 Å². The van der Waals surface area contributed by atoms with E-state index in [1.165, 1.54) is 5.56 Å². The number of rotatable bonds is 4. The largest absolute Gasteiger partial charge is 0.424 e. The van der Waals surface area contributed by atoms with Gasteiger partial charge in [-0.15, -0.1) is 0 Å². The maximum Gasteiger partial charge on any atom is 0.295 e. The van der Waals surface area contributed by atoms with Crippen LogP contribution in [-0.4, -0.2) is 18.1 Å². The highest BCUT2D eigenvalue weighted by Crippen LogP contribution is 2.19. The molecule has 4 nitrogen and oxygen atoms in total. The minimum atomic E-state index is 0.573. The number of fused-ring (bicyclic) bond motifs is 1. The van der Waals surface area contributed by atoms with Crippen LogP contribution >= 0.6 is 0 Å². The standard InChI is InChI=1S/C11H15N3O/c1-8-3-4-10-9(7-8)14-11(15-10)13-6-2-5-12/h3-4,7H,2,5-6,12H2,1H3,(H,13,14). The molecular formula is C11H15N3O. The number of aryl methyl sites for hydroxylation is 1. The van der Waals surface area contributed by atoms with E-state index >= 15 is 0 Å². The second kappa shape index (κ2) is 4.31. The van der Waals surface area contributed by atoms with Crippen molar-refractivity contribution in [1.82, 2.24) is 4.98 Å². The fourth-order valence-electron chi connectivity index (χ4n) is 1.41. The van der Waals surface area contributed by atoms with Crippen LogP contribution in [-0.2, 0) is 0 Å². The Kier molecular flexibility index (Phi) is 2.87. The van der Waals surface area contributed by atoms with Gasteiger partial charge in [0.15, 0.2) is 5.58 Å². The number of nitrogens with two attached hydrogens (primary N) is 1. The molecule has 80 valence electrons. The molecule has 3 N–H and O–H groups in total. The molecule has 15 heavy (non-hydrogen) atoms. The topological polar surface area (TPSA) is 64.1 Å². The number of aromatic nitrogens is 1. The van der Waals surface area contributed by atoms with Gasteiger partial charge in [0.2, 0.25) is 0 Å². The van der Waals surface area contributed by atoms with E-state index in [1.54, 1.807) is 0 Å². The van der Waals surface area contributed by atoms with Crippen molar-refractivity contribution >= 4 is 17.1 Å². The summed E-state index contributed by atoms with van der Waals surface area (Å²) in [5.41, 5.74) is 8.29. The van der Waals surface area contributed by atoms with Crippen molar-refractivity contribution in [2.24, 2.45) is 5.73 Å². The Balaban J connectivity index is 2.16. The molecule has 1 heterocycles. The third-order valence-corrected chi connectivity index (χ3v) is 2.20. The molecule has 0 spiro atoms. The second-order valence-corrected chi connectivity index (χ2v) is 3.56. The van der Waals surface area contributed by atoms with E-state index in [4.69, 9.17) is 10.2 Å². The molecule has 0 saturated heterocycles. The molecule has 0 amide bonds. The van der Waals surface area contributed by atoms with Crippen molar-refractivity contribution in [1.29, 1.82) is 0 Å². The van der Waals surface area contributed by atoms with Gasteiger partial charge in [-0.1, -0.05) is 6.07 Å². The highest BCUT2D eigenvalue weighted by atomic mass is 16.4. The molecular weight excluding hydrogens is 190 g/mol. The van der Waals surface area contributed by atoms with Crippen LogP contribution in [0, 0.1) is 6.92 Å². The van der Waals surface area contributed by atoms with Gasteiger partial charge in [-0.2, -0.15) is 4.98 Å². The molecule has 0 aliphatic carbocycles. The lowest BCUT2D eigenvalue weighted by atomic mass is 10.2. The summed E-state index contributed by atoms with van der Waals surface area (Å²) in [4.78, 5) is 4.33. The molecule has 0 fully saturated rings. The van der Waals surface area contributed by atoms with Crippen LogP contribution in [0.1, 0.15) is 12.0 Å². The lowest BCUT2D eigenvalue weighted by Gasteiger charge is -1.97. The van der Waals surface area contributed by atoms with Gasteiger partial charge in [0.25, 0.3) is 6.01 Å². The first kappa shape index (κ1) is 9.98. The normalized spacial score (nSPS) is 10.8. The maximum absolute atomic E-state index is 5.51. The Bertz CT molecular complexity index is 450. The zero-order valence-corrected chi connectivity index (χ0v) is 8.79. The van der Waals surface area contributed by atoms with Crippen LogP contribution in [0.2, 0.25) is 0 Å². The van der Waals surface area contributed by atoms with E-state index in [9.17, 15) is 0 Å². The van der Waals surface area contributed by atoms with Crippen molar-refractivity contribution in [2.75, 3.05) is 18.4 Å². The summed E-state index contributed by atoms with van der Waals surface area (Å²) >= 11 is 0. The Labute approximate surface area is 88.5 Å².